The first-order valence-corrected chi connectivity index (χ1v) is 7.75. The van der Waals surface area contributed by atoms with Crippen LogP contribution in [0.3, 0.4) is 0 Å². The summed E-state index contributed by atoms with van der Waals surface area (Å²) in [5, 5.41) is 3.38. The van der Waals surface area contributed by atoms with Crippen LogP contribution in [0, 0.1) is 0 Å². The van der Waals surface area contributed by atoms with Gasteiger partial charge in [-0.1, -0.05) is 19.8 Å². The van der Waals surface area contributed by atoms with E-state index in [1.54, 1.807) is 0 Å². The molecule has 2 atom stereocenters. The molecule has 0 bridgehead atoms. The number of piperidine rings is 1. The molecule has 3 heteroatoms. The van der Waals surface area contributed by atoms with Gasteiger partial charge in [-0.15, -0.1) is 0 Å². The molecule has 108 valence electrons. The van der Waals surface area contributed by atoms with Crippen LogP contribution in [0.15, 0.2) is 0 Å². The average Bonchev–Trinajstić information content (AvgIpc) is 2.39. The Morgan fingerprint density at radius 1 is 1.22 bits per heavy atom. The summed E-state index contributed by atoms with van der Waals surface area (Å²) in [5.74, 6) is 0. The van der Waals surface area contributed by atoms with Crippen LogP contribution in [0.2, 0.25) is 0 Å². The van der Waals surface area contributed by atoms with Gasteiger partial charge < -0.3 is 15.0 Å². The predicted octanol–water partition coefficient (Wildman–Crippen LogP) is 2.66. The second-order valence-corrected chi connectivity index (χ2v) is 5.53. The summed E-state index contributed by atoms with van der Waals surface area (Å²) >= 11 is 0. The third-order valence-corrected chi connectivity index (χ3v) is 4.10. The smallest absolute Gasteiger partial charge is 0.0598 e. The van der Waals surface area contributed by atoms with Gasteiger partial charge in [0.15, 0.2) is 0 Å². The van der Waals surface area contributed by atoms with E-state index in [-0.39, 0.29) is 0 Å². The number of methoxy groups -OCH3 is 1. The van der Waals surface area contributed by atoms with Gasteiger partial charge in [0.05, 0.1) is 6.10 Å². The van der Waals surface area contributed by atoms with Gasteiger partial charge in [-0.3, -0.25) is 0 Å². The van der Waals surface area contributed by atoms with Crippen LogP contribution in [0.5, 0.6) is 0 Å². The predicted molar refractivity (Wildman–Crippen MR) is 78.1 cm³/mol. The lowest BCUT2D eigenvalue weighted by Crippen LogP contribution is -2.43. The molecule has 3 nitrogen and oxygen atoms in total. The monoisotopic (exact) mass is 256 g/mol. The Morgan fingerprint density at radius 3 is 2.67 bits per heavy atom. The van der Waals surface area contributed by atoms with Crippen molar-refractivity contribution in [3.63, 3.8) is 0 Å². The van der Waals surface area contributed by atoms with Gasteiger partial charge in [0.2, 0.25) is 0 Å². The van der Waals surface area contributed by atoms with Crippen LogP contribution >= 0.6 is 0 Å². The molecule has 0 radical (unpaired) electrons. The summed E-state index contributed by atoms with van der Waals surface area (Å²) in [5.41, 5.74) is 0. The van der Waals surface area contributed by atoms with Crippen molar-refractivity contribution in [3.8, 4) is 0 Å². The SMILES string of the molecule is CCNCCCCCCN1CCC(OC)CC1C. The summed E-state index contributed by atoms with van der Waals surface area (Å²) in [7, 11) is 1.84. The number of hydrogen-bond donors (Lipinski definition) is 1. The maximum atomic E-state index is 5.46. The van der Waals surface area contributed by atoms with Gasteiger partial charge in [0.1, 0.15) is 0 Å². The quantitative estimate of drug-likeness (QED) is 0.642. The van der Waals surface area contributed by atoms with Crippen LogP contribution in [0.4, 0.5) is 0 Å². The minimum absolute atomic E-state index is 0.497. The second-order valence-electron chi connectivity index (χ2n) is 5.53. The molecule has 0 aromatic rings. The molecule has 1 N–H and O–H groups in total. The molecule has 1 rings (SSSR count). The van der Waals surface area contributed by atoms with E-state index in [0.29, 0.717) is 12.1 Å². The summed E-state index contributed by atoms with van der Waals surface area (Å²) < 4.78 is 5.46. The lowest BCUT2D eigenvalue weighted by atomic mass is 10.00. The van der Waals surface area contributed by atoms with Crippen LogP contribution in [-0.2, 0) is 4.74 Å². The molecule has 0 spiro atoms. The van der Waals surface area contributed by atoms with Crippen LogP contribution in [0.25, 0.3) is 0 Å². The summed E-state index contributed by atoms with van der Waals surface area (Å²) in [6.45, 7) is 9.30. The van der Waals surface area contributed by atoms with Crippen molar-refractivity contribution >= 4 is 0 Å². The fourth-order valence-corrected chi connectivity index (χ4v) is 2.82. The molecule has 0 amide bonds. The topological polar surface area (TPSA) is 24.5 Å². The maximum Gasteiger partial charge on any atom is 0.0598 e. The molecule has 18 heavy (non-hydrogen) atoms. The summed E-state index contributed by atoms with van der Waals surface area (Å²) in [6.07, 6.45) is 8.34. The van der Waals surface area contributed by atoms with Crippen molar-refractivity contribution in [2.45, 2.75) is 64.5 Å². The maximum absolute atomic E-state index is 5.46. The van der Waals surface area contributed by atoms with E-state index >= 15 is 0 Å². The van der Waals surface area contributed by atoms with Crippen molar-refractivity contribution in [1.82, 2.24) is 10.2 Å². The molecule has 0 aliphatic carbocycles. The van der Waals surface area contributed by atoms with E-state index in [0.717, 1.165) is 6.54 Å². The van der Waals surface area contributed by atoms with Crippen molar-refractivity contribution in [2.24, 2.45) is 0 Å². The van der Waals surface area contributed by atoms with E-state index in [2.05, 4.69) is 24.1 Å². The van der Waals surface area contributed by atoms with Crippen molar-refractivity contribution in [3.05, 3.63) is 0 Å². The molecule has 1 aliphatic rings. The minimum Gasteiger partial charge on any atom is -0.381 e. The number of ether oxygens (including phenoxy) is 1. The van der Waals surface area contributed by atoms with Gasteiger partial charge in [0, 0.05) is 19.7 Å². The standard InChI is InChI=1S/C15H32N2O/c1-4-16-10-7-5-6-8-11-17-12-9-15(18-3)13-14(17)2/h14-16H,4-13H2,1-3H3. The zero-order valence-corrected chi connectivity index (χ0v) is 12.6. The number of unbranched alkanes of at least 4 members (excludes halogenated alkanes) is 3. The lowest BCUT2D eigenvalue weighted by molar-refractivity contribution is 0.0155. The molecule has 1 aliphatic heterocycles. The summed E-state index contributed by atoms with van der Waals surface area (Å²) in [6, 6.07) is 0.699. The third kappa shape index (κ3) is 6.17. The number of likely N-dealkylation sites (tertiary alicyclic amines) is 1. The number of nitrogens with zero attached hydrogens (tertiary/aromatic N) is 1. The van der Waals surface area contributed by atoms with E-state index < -0.39 is 0 Å². The van der Waals surface area contributed by atoms with Crippen LogP contribution < -0.4 is 5.32 Å². The molecule has 0 saturated carbocycles. The van der Waals surface area contributed by atoms with E-state index in [9.17, 15) is 0 Å². The van der Waals surface area contributed by atoms with Gasteiger partial charge in [-0.05, 0) is 52.2 Å². The van der Waals surface area contributed by atoms with Crippen LogP contribution in [0.1, 0.15) is 52.4 Å². The lowest BCUT2D eigenvalue weighted by Gasteiger charge is -2.37. The molecule has 1 fully saturated rings. The van der Waals surface area contributed by atoms with E-state index in [4.69, 9.17) is 4.74 Å². The normalized spacial score (nSPS) is 25.5. The third-order valence-electron chi connectivity index (χ3n) is 4.10. The molecular weight excluding hydrogens is 224 g/mol. The summed E-state index contributed by atoms with van der Waals surface area (Å²) in [4.78, 5) is 2.64. The first-order valence-electron chi connectivity index (χ1n) is 7.75. The Labute approximate surface area is 113 Å². The van der Waals surface area contributed by atoms with Gasteiger partial charge in [-0.2, -0.15) is 0 Å². The number of rotatable bonds is 9. The highest BCUT2D eigenvalue weighted by molar-refractivity contribution is 4.79. The zero-order chi connectivity index (χ0) is 13.2. The Balaban J connectivity index is 1.99. The Bertz CT molecular complexity index is 199. The average molecular weight is 256 g/mol. The Hall–Kier alpha value is -0.120. The molecule has 2 unspecified atom stereocenters. The number of nitrogens with one attached hydrogen (secondary N) is 1. The van der Waals surface area contributed by atoms with Crippen molar-refractivity contribution in [2.75, 3.05) is 33.3 Å². The highest BCUT2D eigenvalue weighted by Gasteiger charge is 2.24. The Morgan fingerprint density at radius 2 is 2.00 bits per heavy atom. The fourth-order valence-electron chi connectivity index (χ4n) is 2.82. The van der Waals surface area contributed by atoms with Gasteiger partial charge in [0.25, 0.3) is 0 Å². The number of hydrogen-bond acceptors (Lipinski definition) is 3. The zero-order valence-electron chi connectivity index (χ0n) is 12.6. The van der Waals surface area contributed by atoms with Crippen LogP contribution in [-0.4, -0.2) is 50.3 Å². The Kier molecular flexibility index (Phi) is 8.64. The molecule has 1 heterocycles. The van der Waals surface area contributed by atoms with Crippen molar-refractivity contribution in [1.29, 1.82) is 0 Å². The molecular formula is C15H32N2O. The second kappa shape index (κ2) is 9.76. The molecule has 1 saturated heterocycles. The fraction of sp³-hybridized carbons (Fsp3) is 1.00. The minimum atomic E-state index is 0.497. The first kappa shape index (κ1) is 15.9. The first-order chi connectivity index (χ1) is 8.77. The largest absolute Gasteiger partial charge is 0.381 e. The highest BCUT2D eigenvalue weighted by atomic mass is 16.5. The molecule has 0 aromatic carbocycles. The van der Waals surface area contributed by atoms with Gasteiger partial charge >= 0.3 is 0 Å². The van der Waals surface area contributed by atoms with E-state index in [1.807, 2.05) is 7.11 Å². The highest BCUT2D eigenvalue weighted by Crippen LogP contribution is 2.19. The van der Waals surface area contributed by atoms with E-state index in [1.165, 1.54) is 58.2 Å². The van der Waals surface area contributed by atoms with Gasteiger partial charge in [-0.25, -0.2) is 0 Å². The molecule has 0 aromatic heterocycles. The van der Waals surface area contributed by atoms with Crippen molar-refractivity contribution < 1.29 is 4.74 Å².